The lowest BCUT2D eigenvalue weighted by Gasteiger charge is -2.23. The summed E-state index contributed by atoms with van der Waals surface area (Å²) in [5.41, 5.74) is 7.48. The topological polar surface area (TPSA) is 29.3 Å². The van der Waals surface area contributed by atoms with Crippen molar-refractivity contribution in [1.82, 2.24) is 4.90 Å². The van der Waals surface area contributed by atoms with Crippen LogP contribution in [0.25, 0.3) is 0 Å². The van der Waals surface area contributed by atoms with Crippen molar-refractivity contribution in [3.63, 3.8) is 0 Å². The third-order valence-corrected chi connectivity index (χ3v) is 3.61. The molecule has 2 N–H and O–H groups in total. The molecule has 102 valence electrons. The van der Waals surface area contributed by atoms with Gasteiger partial charge in [0.25, 0.3) is 0 Å². The van der Waals surface area contributed by atoms with E-state index in [0.29, 0.717) is 0 Å². The Bertz CT molecular complexity index is 335. The summed E-state index contributed by atoms with van der Waals surface area (Å²) in [6, 6.07) is 8.46. The monoisotopic (exact) mass is 312 g/mol. The first-order chi connectivity index (χ1) is 8.67. The summed E-state index contributed by atoms with van der Waals surface area (Å²) < 4.78 is 1.11. The highest BCUT2D eigenvalue weighted by molar-refractivity contribution is 9.10. The third kappa shape index (κ3) is 5.51. The minimum absolute atomic E-state index is 0.138. The first kappa shape index (κ1) is 15.7. The lowest BCUT2D eigenvalue weighted by molar-refractivity contribution is 0.264. The van der Waals surface area contributed by atoms with Gasteiger partial charge in [-0.3, -0.25) is 0 Å². The second kappa shape index (κ2) is 8.68. The fraction of sp³-hybridized carbons (Fsp3) is 0.600. The van der Waals surface area contributed by atoms with E-state index >= 15 is 0 Å². The molecule has 1 aromatic carbocycles. The van der Waals surface area contributed by atoms with E-state index in [9.17, 15) is 0 Å². The molecule has 1 rings (SSSR count). The van der Waals surface area contributed by atoms with Gasteiger partial charge in [-0.1, -0.05) is 41.9 Å². The number of rotatable bonds is 8. The Morgan fingerprint density at radius 2 is 1.83 bits per heavy atom. The van der Waals surface area contributed by atoms with Crippen LogP contribution in [0.3, 0.4) is 0 Å². The summed E-state index contributed by atoms with van der Waals surface area (Å²) in [6.07, 6.45) is 3.45. The highest BCUT2D eigenvalue weighted by atomic mass is 79.9. The molecule has 0 bridgehead atoms. The molecule has 0 spiro atoms. The Morgan fingerprint density at radius 1 is 1.17 bits per heavy atom. The molecule has 1 atom stereocenters. The highest BCUT2D eigenvalue weighted by Crippen LogP contribution is 2.19. The van der Waals surface area contributed by atoms with Crippen LogP contribution in [0.15, 0.2) is 28.7 Å². The highest BCUT2D eigenvalue weighted by Gasteiger charge is 2.09. The zero-order valence-corrected chi connectivity index (χ0v) is 13.1. The first-order valence-corrected chi connectivity index (χ1v) is 7.70. The summed E-state index contributed by atoms with van der Waals surface area (Å²) in [7, 11) is 0. The van der Waals surface area contributed by atoms with Crippen molar-refractivity contribution in [2.24, 2.45) is 5.73 Å². The maximum atomic E-state index is 6.26. The SMILES string of the molecule is CCCN(CCC)CCC(N)c1cccc(Br)c1. The maximum absolute atomic E-state index is 6.26. The molecule has 0 amide bonds. The van der Waals surface area contributed by atoms with Gasteiger partial charge in [-0.05, 0) is 56.6 Å². The normalized spacial score (nSPS) is 12.9. The van der Waals surface area contributed by atoms with Gasteiger partial charge in [-0.25, -0.2) is 0 Å². The maximum Gasteiger partial charge on any atom is 0.0307 e. The fourth-order valence-electron chi connectivity index (χ4n) is 2.19. The van der Waals surface area contributed by atoms with Crippen LogP contribution in [0.5, 0.6) is 0 Å². The molecule has 0 aliphatic heterocycles. The Morgan fingerprint density at radius 3 is 2.39 bits per heavy atom. The van der Waals surface area contributed by atoms with Gasteiger partial charge in [0.1, 0.15) is 0 Å². The van der Waals surface area contributed by atoms with Crippen molar-refractivity contribution in [3.8, 4) is 0 Å². The van der Waals surface area contributed by atoms with Crippen LogP contribution in [0.2, 0.25) is 0 Å². The molecule has 0 fully saturated rings. The summed E-state index contributed by atoms with van der Waals surface area (Å²) in [4.78, 5) is 2.51. The lowest BCUT2D eigenvalue weighted by atomic mass is 10.0. The van der Waals surface area contributed by atoms with Gasteiger partial charge in [0, 0.05) is 10.5 Å². The molecule has 0 saturated heterocycles. The van der Waals surface area contributed by atoms with Gasteiger partial charge in [-0.2, -0.15) is 0 Å². The summed E-state index contributed by atoms with van der Waals surface area (Å²) in [6.45, 7) is 7.92. The van der Waals surface area contributed by atoms with E-state index in [4.69, 9.17) is 5.73 Å². The van der Waals surface area contributed by atoms with Gasteiger partial charge in [0.05, 0.1) is 0 Å². The van der Waals surface area contributed by atoms with Crippen LogP contribution < -0.4 is 5.73 Å². The molecule has 2 nitrogen and oxygen atoms in total. The van der Waals surface area contributed by atoms with Crippen LogP contribution in [0.4, 0.5) is 0 Å². The summed E-state index contributed by atoms with van der Waals surface area (Å²) in [5, 5.41) is 0. The minimum atomic E-state index is 0.138. The molecule has 1 unspecified atom stereocenters. The fourth-order valence-corrected chi connectivity index (χ4v) is 2.61. The van der Waals surface area contributed by atoms with E-state index in [1.54, 1.807) is 0 Å². The molecule has 1 aromatic rings. The molecular weight excluding hydrogens is 288 g/mol. The van der Waals surface area contributed by atoms with Crippen LogP contribution >= 0.6 is 15.9 Å². The number of benzene rings is 1. The number of nitrogens with two attached hydrogens (primary N) is 1. The first-order valence-electron chi connectivity index (χ1n) is 6.90. The number of nitrogens with zero attached hydrogens (tertiary/aromatic N) is 1. The largest absolute Gasteiger partial charge is 0.324 e. The average molecular weight is 313 g/mol. The standard InChI is InChI=1S/C15H25BrN2/c1-3-9-18(10-4-2)11-8-15(17)13-6-5-7-14(16)12-13/h5-7,12,15H,3-4,8-11,17H2,1-2H3. The smallest absolute Gasteiger partial charge is 0.0307 e. The minimum Gasteiger partial charge on any atom is -0.324 e. The van der Waals surface area contributed by atoms with E-state index in [2.05, 4.69) is 52.9 Å². The van der Waals surface area contributed by atoms with Gasteiger partial charge in [0.15, 0.2) is 0 Å². The van der Waals surface area contributed by atoms with E-state index in [1.807, 2.05) is 6.07 Å². The number of hydrogen-bond donors (Lipinski definition) is 1. The second-order valence-corrected chi connectivity index (χ2v) is 5.71. The average Bonchev–Trinajstić information content (AvgIpc) is 2.36. The zero-order valence-electron chi connectivity index (χ0n) is 11.5. The second-order valence-electron chi connectivity index (χ2n) is 4.79. The van der Waals surface area contributed by atoms with Gasteiger partial charge < -0.3 is 10.6 Å². The van der Waals surface area contributed by atoms with Crippen LogP contribution in [-0.4, -0.2) is 24.5 Å². The molecule has 0 radical (unpaired) electrons. The molecular formula is C15H25BrN2. The molecule has 0 aliphatic carbocycles. The van der Waals surface area contributed by atoms with Gasteiger partial charge >= 0.3 is 0 Å². The molecule has 3 heteroatoms. The van der Waals surface area contributed by atoms with Crippen molar-refractivity contribution in [2.75, 3.05) is 19.6 Å². The number of hydrogen-bond acceptors (Lipinski definition) is 2. The van der Waals surface area contributed by atoms with Crippen molar-refractivity contribution in [3.05, 3.63) is 34.3 Å². The number of halogens is 1. The van der Waals surface area contributed by atoms with Gasteiger partial charge in [0.2, 0.25) is 0 Å². The van der Waals surface area contributed by atoms with Gasteiger partial charge in [-0.15, -0.1) is 0 Å². The predicted octanol–water partition coefficient (Wildman–Crippen LogP) is 3.96. The van der Waals surface area contributed by atoms with Crippen molar-refractivity contribution in [1.29, 1.82) is 0 Å². The molecule has 0 aliphatic rings. The quantitative estimate of drug-likeness (QED) is 0.787. The van der Waals surface area contributed by atoms with Crippen LogP contribution in [0, 0.1) is 0 Å². The van der Waals surface area contributed by atoms with E-state index in [0.717, 1.165) is 17.4 Å². The third-order valence-electron chi connectivity index (χ3n) is 3.11. The molecule has 18 heavy (non-hydrogen) atoms. The van der Waals surface area contributed by atoms with E-state index < -0.39 is 0 Å². The van der Waals surface area contributed by atoms with E-state index in [1.165, 1.54) is 31.5 Å². The Hall–Kier alpha value is -0.380. The summed E-state index contributed by atoms with van der Waals surface area (Å²) >= 11 is 3.49. The lowest BCUT2D eigenvalue weighted by Crippen LogP contribution is -2.29. The molecule has 0 aromatic heterocycles. The summed E-state index contributed by atoms with van der Waals surface area (Å²) in [5.74, 6) is 0. The zero-order chi connectivity index (χ0) is 13.4. The Kier molecular flexibility index (Phi) is 7.56. The van der Waals surface area contributed by atoms with Crippen LogP contribution in [0.1, 0.15) is 44.7 Å². The van der Waals surface area contributed by atoms with E-state index in [-0.39, 0.29) is 6.04 Å². The molecule has 0 heterocycles. The van der Waals surface area contributed by atoms with Crippen LogP contribution in [-0.2, 0) is 0 Å². The van der Waals surface area contributed by atoms with Crippen molar-refractivity contribution >= 4 is 15.9 Å². The van der Waals surface area contributed by atoms with Crippen molar-refractivity contribution < 1.29 is 0 Å². The predicted molar refractivity (Wildman–Crippen MR) is 82.7 cm³/mol. The molecule has 0 saturated carbocycles. The van der Waals surface area contributed by atoms with Crippen molar-refractivity contribution in [2.45, 2.75) is 39.2 Å². The Balaban J connectivity index is 2.46. The Labute approximate surface area is 120 Å².